The van der Waals surface area contributed by atoms with Gasteiger partial charge in [-0.1, -0.05) is 12.1 Å². The summed E-state index contributed by atoms with van der Waals surface area (Å²) in [6.45, 7) is 8.65. The molecular formula is C22H27FN4O3. The zero-order valence-electron chi connectivity index (χ0n) is 17.8. The number of hydrogen-bond donors (Lipinski definition) is 2. The molecule has 160 valence electrons. The number of aromatic nitrogens is 3. The molecule has 2 N–H and O–H groups in total. The molecule has 1 aromatic carbocycles. The molecule has 0 aliphatic carbocycles. The third-order valence-electron chi connectivity index (χ3n) is 4.79. The highest BCUT2D eigenvalue weighted by Gasteiger charge is 2.20. The van der Waals surface area contributed by atoms with Gasteiger partial charge in [-0.15, -0.1) is 0 Å². The number of aliphatic hydroxyl groups is 1. The first-order valence-electron chi connectivity index (χ1n) is 9.95. The van der Waals surface area contributed by atoms with Crippen LogP contribution in [0.5, 0.6) is 5.75 Å². The number of ether oxygens (including phenoxy) is 1. The molecule has 0 aliphatic heterocycles. The minimum absolute atomic E-state index is 0.0306. The number of aliphatic hydroxyl groups excluding tert-OH is 1. The monoisotopic (exact) mass is 414 g/mol. The zero-order valence-corrected chi connectivity index (χ0v) is 17.8. The van der Waals surface area contributed by atoms with E-state index in [4.69, 9.17) is 9.84 Å². The summed E-state index contributed by atoms with van der Waals surface area (Å²) in [7, 11) is 0. The molecule has 2 heterocycles. The van der Waals surface area contributed by atoms with Crippen molar-refractivity contribution in [2.45, 2.75) is 59.2 Å². The molecule has 3 atom stereocenters. The number of rotatable bonds is 7. The van der Waals surface area contributed by atoms with Crippen LogP contribution in [0.4, 0.5) is 4.39 Å². The van der Waals surface area contributed by atoms with E-state index in [-0.39, 0.29) is 18.0 Å². The van der Waals surface area contributed by atoms with E-state index in [0.717, 1.165) is 5.56 Å². The van der Waals surface area contributed by atoms with Crippen LogP contribution in [0.1, 0.15) is 51.0 Å². The summed E-state index contributed by atoms with van der Waals surface area (Å²) in [5.41, 5.74) is 3.09. The zero-order chi connectivity index (χ0) is 22.0. The molecule has 0 fully saturated rings. The van der Waals surface area contributed by atoms with Gasteiger partial charge in [0, 0.05) is 24.7 Å². The van der Waals surface area contributed by atoms with E-state index in [0.29, 0.717) is 28.0 Å². The summed E-state index contributed by atoms with van der Waals surface area (Å²) in [6.07, 6.45) is -0.597. The Bertz CT molecular complexity index is 1050. The first-order chi connectivity index (χ1) is 14.2. The second kappa shape index (κ2) is 8.79. The summed E-state index contributed by atoms with van der Waals surface area (Å²) < 4.78 is 20.2. The van der Waals surface area contributed by atoms with E-state index in [1.807, 2.05) is 19.9 Å². The first-order valence-corrected chi connectivity index (χ1v) is 9.95. The van der Waals surface area contributed by atoms with Gasteiger partial charge in [-0.05, 0) is 45.9 Å². The summed E-state index contributed by atoms with van der Waals surface area (Å²) in [5, 5.41) is 17.1. The fraction of sp³-hybridized carbons (Fsp3) is 0.409. The normalized spacial score (nSPS) is 14.5. The number of halogens is 1. The molecule has 1 unspecified atom stereocenters. The number of benzene rings is 1. The predicted octanol–water partition coefficient (Wildman–Crippen LogP) is 3.87. The Labute approximate surface area is 174 Å². The molecule has 0 saturated heterocycles. The van der Waals surface area contributed by atoms with Crippen LogP contribution in [0.3, 0.4) is 0 Å². The van der Waals surface area contributed by atoms with Crippen molar-refractivity contribution in [1.82, 2.24) is 20.1 Å². The molecule has 1 amide bonds. The second-order valence-corrected chi connectivity index (χ2v) is 7.67. The van der Waals surface area contributed by atoms with Gasteiger partial charge in [0.1, 0.15) is 17.0 Å². The molecule has 0 saturated carbocycles. The third kappa shape index (κ3) is 4.59. The molecule has 0 bridgehead atoms. The molecule has 30 heavy (non-hydrogen) atoms. The number of pyridine rings is 1. The highest BCUT2D eigenvalue weighted by Crippen LogP contribution is 2.31. The second-order valence-electron chi connectivity index (χ2n) is 7.67. The van der Waals surface area contributed by atoms with Crippen molar-refractivity contribution in [3.63, 3.8) is 0 Å². The van der Waals surface area contributed by atoms with Crippen molar-refractivity contribution < 1.29 is 19.0 Å². The minimum Gasteiger partial charge on any atom is -0.461 e. The number of amides is 1. The van der Waals surface area contributed by atoms with Crippen LogP contribution in [0.25, 0.3) is 22.3 Å². The maximum atomic E-state index is 13.2. The fourth-order valence-electron chi connectivity index (χ4n) is 3.05. The van der Waals surface area contributed by atoms with Crippen molar-refractivity contribution >= 4 is 16.9 Å². The quantitative estimate of drug-likeness (QED) is 0.613. The molecule has 2 aromatic heterocycles. The largest absolute Gasteiger partial charge is 0.461 e. The number of nitrogens with zero attached hydrogens (tertiary/aromatic N) is 3. The maximum Gasteiger partial charge on any atom is 0.253 e. The Hall–Kier alpha value is -3.00. The summed E-state index contributed by atoms with van der Waals surface area (Å²) in [4.78, 5) is 17.1. The lowest BCUT2D eigenvalue weighted by Crippen LogP contribution is -2.39. The van der Waals surface area contributed by atoms with E-state index in [9.17, 15) is 14.3 Å². The molecule has 3 rings (SSSR count). The summed E-state index contributed by atoms with van der Waals surface area (Å²) in [5.74, 6) is 0.0843. The van der Waals surface area contributed by atoms with E-state index in [1.54, 1.807) is 42.8 Å². The standard InChI is InChI=1S/C22H27FN4O3/c1-12(2)27-19-10-17(22(29)25-13(3)14(4)28)11-24-21(19)20(26-27)16-7-6-8-18(9-16)30-15(5)23/h6-15,28H,1-5H3,(H,25,29)/t13-,14+,15?/m0/s1. The van der Waals surface area contributed by atoms with Crippen LogP contribution in [0.15, 0.2) is 36.5 Å². The van der Waals surface area contributed by atoms with Crippen LogP contribution < -0.4 is 10.1 Å². The number of hydrogen-bond acceptors (Lipinski definition) is 5. The molecule has 3 aromatic rings. The Morgan fingerprint density at radius 2 is 1.93 bits per heavy atom. The smallest absolute Gasteiger partial charge is 0.253 e. The van der Waals surface area contributed by atoms with Crippen molar-refractivity contribution in [2.24, 2.45) is 0 Å². The topological polar surface area (TPSA) is 89.3 Å². The Balaban J connectivity index is 2.05. The molecule has 8 heteroatoms. The van der Waals surface area contributed by atoms with Gasteiger partial charge >= 0.3 is 0 Å². The van der Waals surface area contributed by atoms with Gasteiger partial charge in [-0.3, -0.25) is 14.5 Å². The molecule has 0 aliphatic rings. The number of carbonyl (C=O) groups is 1. The number of fused-ring (bicyclic) bond motifs is 1. The van der Waals surface area contributed by atoms with Gasteiger partial charge in [0.2, 0.25) is 6.36 Å². The van der Waals surface area contributed by atoms with E-state index in [1.165, 1.54) is 13.1 Å². The van der Waals surface area contributed by atoms with Gasteiger partial charge in [0.25, 0.3) is 5.91 Å². The number of nitrogens with one attached hydrogen (secondary N) is 1. The highest BCUT2D eigenvalue weighted by atomic mass is 19.1. The van der Waals surface area contributed by atoms with Crippen LogP contribution in [0, 0.1) is 0 Å². The Morgan fingerprint density at radius 3 is 2.57 bits per heavy atom. The van der Waals surface area contributed by atoms with Gasteiger partial charge in [-0.2, -0.15) is 5.10 Å². The Morgan fingerprint density at radius 1 is 1.20 bits per heavy atom. The van der Waals surface area contributed by atoms with Crippen molar-refractivity contribution in [3.8, 4) is 17.0 Å². The number of carbonyl (C=O) groups excluding carboxylic acids is 1. The average molecular weight is 414 g/mol. The van der Waals surface area contributed by atoms with Gasteiger partial charge in [0.05, 0.1) is 23.2 Å². The van der Waals surface area contributed by atoms with Gasteiger partial charge in [0.15, 0.2) is 0 Å². The van der Waals surface area contributed by atoms with Crippen LogP contribution >= 0.6 is 0 Å². The maximum absolute atomic E-state index is 13.2. The SMILES string of the molecule is CC(F)Oc1cccc(-c2nn(C(C)C)c3cc(C(=O)N[C@@H](C)[C@@H](C)O)cnc23)c1. The van der Waals surface area contributed by atoms with Crippen molar-refractivity contribution in [3.05, 3.63) is 42.1 Å². The number of alkyl halides is 1. The van der Waals surface area contributed by atoms with E-state index < -0.39 is 12.5 Å². The van der Waals surface area contributed by atoms with Gasteiger partial charge in [-0.25, -0.2) is 4.39 Å². The average Bonchev–Trinajstić information content (AvgIpc) is 3.06. The molecule has 7 nitrogen and oxygen atoms in total. The van der Waals surface area contributed by atoms with Crippen molar-refractivity contribution in [2.75, 3.05) is 0 Å². The lowest BCUT2D eigenvalue weighted by molar-refractivity contribution is 0.0859. The van der Waals surface area contributed by atoms with Gasteiger partial charge < -0.3 is 15.2 Å². The third-order valence-corrected chi connectivity index (χ3v) is 4.79. The summed E-state index contributed by atoms with van der Waals surface area (Å²) >= 11 is 0. The van der Waals surface area contributed by atoms with Crippen molar-refractivity contribution in [1.29, 1.82) is 0 Å². The molecular weight excluding hydrogens is 387 g/mol. The highest BCUT2D eigenvalue weighted by molar-refractivity contribution is 5.99. The lowest BCUT2D eigenvalue weighted by atomic mass is 10.1. The Kier molecular flexibility index (Phi) is 6.36. The predicted molar refractivity (Wildman–Crippen MR) is 113 cm³/mol. The van der Waals surface area contributed by atoms with Crippen LogP contribution in [-0.4, -0.2) is 44.3 Å². The van der Waals surface area contributed by atoms with Crippen LogP contribution in [0.2, 0.25) is 0 Å². The minimum atomic E-state index is -1.42. The first kappa shape index (κ1) is 21.7. The lowest BCUT2D eigenvalue weighted by Gasteiger charge is -2.16. The van der Waals surface area contributed by atoms with E-state index in [2.05, 4.69) is 10.3 Å². The summed E-state index contributed by atoms with van der Waals surface area (Å²) in [6, 6.07) is 8.41. The molecule has 0 spiro atoms. The van der Waals surface area contributed by atoms with E-state index >= 15 is 0 Å². The molecule has 0 radical (unpaired) electrons. The van der Waals surface area contributed by atoms with Crippen LogP contribution in [-0.2, 0) is 0 Å². The fourth-order valence-corrected chi connectivity index (χ4v) is 3.05.